The molecule has 3 saturated heterocycles. The van der Waals surface area contributed by atoms with Crippen LogP contribution < -0.4 is 0 Å². The Morgan fingerprint density at radius 1 is 1.04 bits per heavy atom. The molecule has 28 heavy (non-hydrogen) atoms. The number of ether oxygens (including phenoxy) is 1. The number of carboxylic acid groups (broad SMARTS) is 1. The van der Waals surface area contributed by atoms with Crippen LogP contribution in [-0.2, 0) is 9.53 Å². The first-order valence-electron chi connectivity index (χ1n) is 11.2. The van der Waals surface area contributed by atoms with Crippen molar-refractivity contribution < 1.29 is 19.4 Å². The summed E-state index contributed by atoms with van der Waals surface area (Å²) in [4.78, 5) is 30.3. The first kappa shape index (κ1) is 20.0. The molecule has 4 fully saturated rings. The van der Waals surface area contributed by atoms with Gasteiger partial charge >= 0.3 is 12.1 Å². The molecule has 3 heterocycles. The van der Waals surface area contributed by atoms with Crippen LogP contribution in [0.4, 0.5) is 4.79 Å². The van der Waals surface area contributed by atoms with E-state index in [4.69, 9.17) is 4.74 Å². The van der Waals surface area contributed by atoms with E-state index in [1.54, 1.807) is 0 Å². The Morgan fingerprint density at radius 3 is 2.46 bits per heavy atom. The fourth-order valence-corrected chi connectivity index (χ4v) is 6.08. The topological polar surface area (TPSA) is 73.3 Å². The van der Waals surface area contributed by atoms with Gasteiger partial charge in [0.05, 0.1) is 6.61 Å². The number of rotatable bonds is 4. The SMILES string of the molecule is CCOC(=O)N1CCC2(CC(N3CCC(N4CCCCC4C(=O)O)CC3)C2)C1. The Bertz CT molecular complexity index is 584. The molecule has 0 aromatic heterocycles. The van der Waals surface area contributed by atoms with Gasteiger partial charge in [-0.2, -0.15) is 0 Å². The predicted molar refractivity (Wildman–Crippen MR) is 105 cm³/mol. The van der Waals surface area contributed by atoms with Crippen LogP contribution in [0.5, 0.6) is 0 Å². The number of hydrogen-bond donors (Lipinski definition) is 1. The van der Waals surface area contributed by atoms with Crippen molar-refractivity contribution in [2.24, 2.45) is 5.41 Å². The standard InChI is InChI=1S/C21H35N3O4/c1-2-28-20(27)23-12-8-21(15-23)13-17(14-21)22-10-6-16(7-11-22)24-9-4-3-5-18(24)19(25)26/h16-18H,2-15H2,1H3,(H,25,26). The number of carbonyl (C=O) groups is 2. The quantitative estimate of drug-likeness (QED) is 0.791. The van der Waals surface area contributed by atoms with Gasteiger partial charge in [0.1, 0.15) is 6.04 Å². The molecule has 0 radical (unpaired) electrons. The number of carbonyl (C=O) groups excluding carboxylic acids is 1. The van der Waals surface area contributed by atoms with Gasteiger partial charge in [0.15, 0.2) is 0 Å². The number of piperidine rings is 2. The minimum Gasteiger partial charge on any atom is -0.480 e. The molecule has 1 spiro atoms. The van der Waals surface area contributed by atoms with E-state index in [0.717, 1.165) is 71.2 Å². The lowest BCUT2D eigenvalue weighted by molar-refractivity contribution is -0.146. The van der Waals surface area contributed by atoms with Crippen LogP contribution in [-0.4, -0.2) is 89.3 Å². The van der Waals surface area contributed by atoms with Gasteiger partial charge in [-0.3, -0.25) is 9.69 Å². The highest BCUT2D eigenvalue weighted by molar-refractivity contribution is 5.73. The monoisotopic (exact) mass is 393 g/mol. The van der Waals surface area contributed by atoms with Crippen LogP contribution in [0.25, 0.3) is 0 Å². The summed E-state index contributed by atoms with van der Waals surface area (Å²) in [5.41, 5.74) is 0.315. The van der Waals surface area contributed by atoms with E-state index in [1.807, 2.05) is 11.8 Å². The molecule has 4 rings (SSSR count). The predicted octanol–water partition coefficient (Wildman–Crippen LogP) is 2.40. The summed E-state index contributed by atoms with van der Waals surface area (Å²) in [5, 5.41) is 9.55. The zero-order valence-electron chi connectivity index (χ0n) is 17.1. The molecule has 1 amide bonds. The van der Waals surface area contributed by atoms with Gasteiger partial charge in [-0.15, -0.1) is 0 Å². The largest absolute Gasteiger partial charge is 0.480 e. The molecule has 1 aliphatic carbocycles. The Balaban J connectivity index is 1.24. The third kappa shape index (κ3) is 3.88. The Morgan fingerprint density at radius 2 is 1.79 bits per heavy atom. The van der Waals surface area contributed by atoms with Crippen LogP contribution in [0.2, 0.25) is 0 Å². The number of likely N-dealkylation sites (tertiary alicyclic amines) is 3. The maximum Gasteiger partial charge on any atom is 0.409 e. The van der Waals surface area contributed by atoms with Crippen LogP contribution in [0.15, 0.2) is 0 Å². The minimum atomic E-state index is -0.643. The van der Waals surface area contributed by atoms with Gasteiger partial charge in [0.2, 0.25) is 0 Å². The molecule has 7 nitrogen and oxygen atoms in total. The first-order valence-corrected chi connectivity index (χ1v) is 11.2. The third-order valence-electron chi connectivity index (χ3n) is 7.62. The number of aliphatic carboxylic acids is 1. The molecule has 0 aromatic carbocycles. The van der Waals surface area contributed by atoms with Crippen molar-refractivity contribution in [1.82, 2.24) is 14.7 Å². The molecule has 4 aliphatic rings. The summed E-state index contributed by atoms with van der Waals surface area (Å²) in [6.07, 6.45) is 8.47. The lowest BCUT2D eigenvalue weighted by Crippen LogP contribution is -2.58. The summed E-state index contributed by atoms with van der Waals surface area (Å²) < 4.78 is 5.16. The van der Waals surface area contributed by atoms with E-state index in [2.05, 4.69) is 9.80 Å². The highest BCUT2D eigenvalue weighted by atomic mass is 16.6. The van der Waals surface area contributed by atoms with Gasteiger partial charge in [0.25, 0.3) is 0 Å². The molecule has 1 atom stereocenters. The molecule has 0 aromatic rings. The van der Waals surface area contributed by atoms with Crippen LogP contribution in [0.1, 0.15) is 58.3 Å². The molecule has 1 saturated carbocycles. The second-order valence-corrected chi connectivity index (χ2v) is 9.29. The normalized spacial score (nSPS) is 35.1. The zero-order chi connectivity index (χ0) is 19.7. The molecule has 1 unspecified atom stereocenters. The molecule has 1 N–H and O–H groups in total. The van der Waals surface area contributed by atoms with Gasteiger partial charge < -0.3 is 19.6 Å². The number of hydrogen-bond acceptors (Lipinski definition) is 5. The highest BCUT2D eigenvalue weighted by Gasteiger charge is 2.51. The maximum absolute atomic E-state index is 12.0. The van der Waals surface area contributed by atoms with Gasteiger partial charge in [-0.25, -0.2) is 4.79 Å². The Labute approximate surface area is 168 Å². The molecule has 158 valence electrons. The van der Waals surface area contributed by atoms with Crippen LogP contribution >= 0.6 is 0 Å². The number of nitrogens with zero attached hydrogens (tertiary/aromatic N) is 3. The van der Waals surface area contributed by atoms with Gasteiger partial charge in [-0.1, -0.05) is 6.42 Å². The van der Waals surface area contributed by atoms with Gasteiger partial charge in [-0.05, 0) is 76.9 Å². The van der Waals surface area contributed by atoms with Crippen molar-refractivity contribution >= 4 is 12.1 Å². The fourth-order valence-electron chi connectivity index (χ4n) is 6.08. The molecular formula is C21H35N3O4. The van der Waals surface area contributed by atoms with E-state index in [9.17, 15) is 14.7 Å². The van der Waals surface area contributed by atoms with E-state index in [-0.39, 0.29) is 12.1 Å². The van der Waals surface area contributed by atoms with Crippen LogP contribution in [0, 0.1) is 5.41 Å². The summed E-state index contributed by atoms with van der Waals surface area (Å²) in [6, 6.07) is 0.793. The summed E-state index contributed by atoms with van der Waals surface area (Å²) in [7, 11) is 0. The van der Waals surface area contributed by atoms with Crippen molar-refractivity contribution in [3.8, 4) is 0 Å². The average Bonchev–Trinajstić information content (AvgIpc) is 3.13. The van der Waals surface area contributed by atoms with Crippen molar-refractivity contribution in [3.63, 3.8) is 0 Å². The van der Waals surface area contributed by atoms with Crippen molar-refractivity contribution in [3.05, 3.63) is 0 Å². The van der Waals surface area contributed by atoms with Crippen molar-refractivity contribution in [2.75, 3.05) is 39.3 Å². The summed E-state index contributed by atoms with van der Waals surface area (Å²) >= 11 is 0. The lowest BCUT2D eigenvalue weighted by atomic mass is 9.64. The molecule has 0 bridgehead atoms. The maximum atomic E-state index is 12.0. The highest BCUT2D eigenvalue weighted by Crippen LogP contribution is 2.50. The average molecular weight is 394 g/mol. The summed E-state index contributed by atoms with van der Waals surface area (Å²) in [5.74, 6) is -0.643. The second-order valence-electron chi connectivity index (χ2n) is 9.29. The third-order valence-corrected chi connectivity index (χ3v) is 7.62. The summed E-state index contributed by atoms with van der Waals surface area (Å²) in [6.45, 7) is 7.09. The number of amides is 1. The first-order chi connectivity index (χ1) is 13.5. The van der Waals surface area contributed by atoms with E-state index < -0.39 is 5.97 Å². The molecule has 7 heteroatoms. The van der Waals surface area contributed by atoms with E-state index in [0.29, 0.717) is 24.1 Å². The van der Waals surface area contributed by atoms with E-state index in [1.165, 1.54) is 12.8 Å². The van der Waals surface area contributed by atoms with Crippen molar-refractivity contribution in [2.45, 2.75) is 76.4 Å². The van der Waals surface area contributed by atoms with Crippen molar-refractivity contribution in [1.29, 1.82) is 0 Å². The minimum absolute atomic E-state index is 0.154. The Hall–Kier alpha value is -1.34. The van der Waals surface area contributed by atoms with Crippen LogP contribution in [0.3, 0.4) is 0 Å². The lowest BCUT2D eigenvalue weighted by Gasteiger charge is -2.52. The van der Waals surface area contributed by atoms with Gasteiger partial charge in [0, 0.05) is 25.2 Å². The van der Waals surface area contributed by atoms with E-state index >= 15 is 0 Å². The smallest absolute Gasteiger partial charge is 0.409 e. The second kappa shape index (κ2) is 8.19. The molecular weight excluding hydrogens is 358 g/mol. The molecule has 3 aliphatic heterocycles. The fraction of sp³-hybridized carbons (Fsp3) is 0.905. The number of carboxylic acids is 1. The zero-order valence-corrected chi connectivity index (χ0v) is 17.1. The Kier molecular flexibility index (Phi) is 5.83.